The topological polar surface area (TPSA) is 77.3 Å². The normalized spacial score (nSPS) is 9.73. The lowest BCUT2D eigenvalue weighted by Crippen LogP contribution is -2.04. The third-order valence-corrected chi connectivity index (χ3v) is 2.13. The van der Waals surface area contributed by atoms with Gasteiger partial charge in [0.2, 0.25) is 0 Å². The minimum atomic E-state index is -0.877. The molecule has 0 saturated carbocycles. The van der Waals surface area contributed by atoms with E-state index in [2.05, 4.69) is 0 Å². The first-order valence-electron chi connectivity index (χ1n) is 3.92. The van der Waals surface area contributed by atoms with Crippen LogP contribution in [0, 0.1) is 17.0 Å². The summed E-state index contributed by atoms with van der Waals surface area (Å²) < 4.78 is 0. The first-order valence-corrected chi connectivity index (χ1v) is 4.29. The number of hydrogen-bond acceptors (Lipinski definition) is 4. The van der Waals surface area contributed by atoms with Crippen LogP contribution in [0.4, 0.5) is 5.69 Å². The predicted molar refractivity (Wildman–Crippen MR) is 53.4 cm³/mol. The fourth-order valence-corrected chi connectivity index (χ4v) is 1.51. The number of benzene rings is 1. The van der Waals surface area contributed by atoms with Gasteiger partial charge in [-0.2, -0.15) is 0 Å². The van der Waals surface area contributed by atoms with Gasteiger partial charge in [0, 0.05) is 6.07 Å². The first-order chi connectivity index (χ1) is 6.99. The summed E-state index contributed by atoms with van der Waals surface area (Å²) in [5.41, 5.74) is -0.372. The first kappa shape index (κ1) is 11.3. The summed E-state index contributed by atoms with van der Waals surface area (Å²) in [5, 5.41) is 9.68. The number of carbonyl (C=O) groups is 2. The highest BCUT2D eigenvalue weighted by Gasteiger charge is 2.22. The van der Waals surface area contributed by atoms with Crippen LogP contribution in [0.15, 0.2) is 12.1 Å². The van der Waals surface area contributed by atoms with E-state index in [-0.39, 0.29) is 17.4 Å². The highest BCUT2D eigenvalue weighted by atomic mass is 35.5. The van der Waals surface area contributed by atoms with Crippen LogP contribution in [0.1, 0.15) is 26.3 Å². The summed E-state index contributed by atoms with van der Waals surface area (Å²) in [4.78, 5) is 31.5. The van der Waals surface area contributed by atoms with E-state index in [1.165, 1.54) is 12.1 Å². The molecule has 0 heterocycles. The quantitative estimate of drug-likeness (QED) is 0.343. The third-order valence-electron chi connectivity index (χ3n) is 1.94. The third kappa shape index (κ3) is 2.02. The molecule has 0 radical (unpaired) electrons. The molecule has 0 atom stereocenters. The van der Waals surface area contributed by atoms with E-state index in [0.29, 0.717) is 5.56 Å². The van der Waals surface area contributed by atoms with Crippen molar-refractivity contribution in [2.75, 3.05) is 0 Å². The molecule has 15 heavy (non-hydrogen) atoms. The van der Waals surface area contributed by atoms with E-state index in [9.17, 15) is 19.7 Å². The van der Waals surface area contributed by atoms with Crippen LogP contribution >= 0.6 is 11.6 Å². The van der Waals surface area contributed by atoms with Crippen LogP contribution in [0.3, 0.4) is 0 Å². The number of nitrogens with zero attached hydrogens (tertiary/aromatic N) is 1. The Morgan fingerprint density at radius 1 is 1.53 bits per heavy atom. The van der Waals surface area contributed by atoms with Crippen LogP contribution in [0.25, 0.3) is 0 Å². The monoisotopic (exact) mass is 227 g/mol. The van der Waals surface area contributed by atoms with Crippen LogP contribution in [-0.2, 0) is 0 Å². The summed E-state index contributed by atoms with van der Waals surface area (Å²) in [6.07, 6.45) is 0.265. The number of nitro groups is 1. The Bertz CT molecular complexity index is 456. The van der Waals surface area contributed by atoms with Gasteiger partial charge in [-0.3, -0.25) is 19.7 Å². The van der Waals surface area contributed by atoms with Crippen molar-refractivity contribution < 1.29 is 14.5 Å². The number of halogens is 1. The lowest BCUT2D eigenvalue weighted by atomic mass is 10.0. The van der Waals surface area contributed by atoms with Crippen molar-refractivity contribution in [3.8, 4) is 0 Å². The molecule has 0 aromatic heterocycles. The molecule has 0 aliphatic carbocycles. The molecule has 0 saturated heterocycles. The molecule has 0 bridgehead atoms. The maximum Gasteiger partial charge on any atom is 0.280 e. The molecule has 78 valence electrons. The van der Waals surface area contributed by atoms with Gasteiger partial charge in [0.15, 0.2) is 6.29 Å². The molecule has 0 amide bonds. The number of aryl methyl sites for hydroxylation is 1. The average molecular weight is 228 g/mol. The van der Waals surface area contributed by atoms with E-state index in [0.717, 1.165) is 0 Å². The SMILES string of the molecule is Cc1ccc([N+](=O)[O-])c(C=O)c1C(=O)Cl. The predicted octanol–water partition coefficient (Wildman–Crippen LogP) is 2.09. The summed E-state index contributed by atoms with van der Waals surface area (Å²) in [7, 11) is 0. The van der Waals surface area contributed by atoms with Gasteiger partial charge in [0.05, 0.1) is 10.5 Å². The summed E-state index contributed by atoms with van der Waals surface area (Å²) >= 11 is 5.25. The Morgan fingerprint density at radius 3 is 2.53 bits per heavy atom. The molecular formula is C9H6ClNO4. The van der Waals surface area contributed by atoms with Gasteiger partial charge >= 0.3 is 0 Å². The van der Waals surface area contributed by atoms with Crippen molar-refractivity contribution in [1.29, 1.82) is 0 Å². The highest BCUT2D eigenvalue weighted by Crippen LogP contribution is 2.24. The maximum absolute atomic E-state index is 11.0. The van der Waals surface area contributed by atoms with Crippen LogP contribution in [-0.4, -0.2) is 16.5 Å². The van der Waals surface area contributed by atoms with Crippen molar-refractivity contribution in [1.82, 2.24) is 0 Å². The minimum Gasteiger partial charge on any atom is -0.298 e. The molecule has 6 heteroatoms. The molecule has 0 fully saturated rings. The standard InChI is InChI=1S/C9H6ClNO4/c1-5-2-3-7(11(14)15)6(4-12)8(5)9(10)13/h2-4H,1H3. The Labute approximate surface area is 89.8 Å². The second-order valence-corrected chi connectivity index (χ2v) is 3.18. The average Bonchev–Trinajstić information content (AvgIpc) is 2.15. The Balaban J connectivity index is 3.61. The molecule has 0 N–H and O–H groups in total. The zero-order chi connectivity index (χ0) is 11.6. The van der Waals surface area contributed by atoms with E-state index in [1.807, 2.05) is 0 Å². The zero-order valence-electron chi connectivity index (χ0n) is 7.69. The molecule has 1 aromatic carbocycles. The van der Waals surface area contributed by atoms with Crippen LogP contribution in [0.5, 0.6) is 0 Å². The van der Waals surface area contributed by atoms with Gasteiger partial charge in [-0.1, -0.05) is 6.07 Å². The smallest absolute Gasteiger partial charge is 0.280 e. The summed E-state index contributed by atoms with van der Waals surface area (Å²) in [6, 6.07) is 2.54. The Hall–Kier alpha value is -1.75. The minimum absolute atomic E-state index is 0.110. The van der Waals surface area contributed by atoms with Gasteiger partial charge in [-0.05, 0) is 24.1 Å². The van der Waals surface area contributed by atoms with Crippen LogP contribution < -0.4 is 0 Å². The van der Waals surface area contributed by atoms with E-state index in [1.54, 1.807) is 6.92 Å². The number of aldehydes is 1. The van der Waals surface area contributed by atoms with Crippen molar-refractivity contribution in [2.24, 2.45) is 0 Å². The highest BCUT2D eigenvalue weighted by molar-refractivity contribution is 6.68. The molecular weight excluding hydrogens is 222 g/mol. The van der Waals surface area contributed by atoms with Gasteiger partial charge in [0.25, 0.3) is 10.9 Å². The van der Waals surface area contributed by atoms with E-state index in [4.69, 9.17) is 11.6 Å². The molecule has 0 aliphatic heterocycles. The molecule has 0 spiro atoms. The molecule has 5 nitrogen and oxygen atoms in total. The maximum atomic E-state index is 11.0. The summed E-state index contributed by atoms with van der Waals surface area (Å²) in [6.45, 7) is 1.55. The number of hydrogen-bond donors (Lipinski definition) is 0. The van der Waals surface area contributed by atoms with Crippen molar-refractivity contribution in [3.63, 3.8) is 0 Å². The second kappa shape index (κ2) is 4.18. The van der Waals surface area contributed by atoms with E-state index < -0.39 is 15.9 Å². The molecule has 0 unspecified atom stereocenters. The van der Waals surface area contributed by atoms with E-state index >= 15 is 0 Å². The van der Waals surface area contributed by atoms with Gasteiger partial charge < -0.3 is 0 Å². The van der Waals surface area contributed by atoms with Crippen molar-refractivity contribution in [3.05, 3.63) is 38.9 Å². The molecule has 1 rings (SSSR count). The fourth-order valence-electron chi connectivity index (χ4n) is 1.26. The number of carbonyl (C=O) groups excluding carboxylic acids is 2. The lowest BCUT2D eigenvalue weighted by molar-refractivity contribution is -0.385. The fraction of sp³-hybridized carbons (Fsp3) is 0.111. The summed E-state index contributed by atoms with van der Waals surface area (Å²) in [5.74, 6) is 0. The number of nitro benzene ring substituents is 1. The largest absolute Gasteiger partial charge is 0.298 e. The Kier molecular flexibility index (Phi) is 3.16. The van der Waals surface area contributed by atoms with Gasteiger partial charge in [-0.25, -0.2) is 0 Å². The van der Waals surface area contributed by atoms with Crippen LogP contribution in [0.2, 0.25) is 0 Å². The van der Waals surface area contributed by atoms with Crippen molar-refractivity contribution in [2.45, 2.75) is 6.92 Å². The Morgan fingerprint density at radius 2 is 2.13 bits per heavy atom. The second-order valence-electron chi connectivity index (χ2n) is 2.84. The molecule has 0 aliphatic rings. The lowest BCUT2D eigenvalue weighted by Gasteiger charge is -2.03. The van der Waals surface area contributed by atoms with Gasteiger partial charge in [0.1, 0.15) is 5.56 Å². The molecule has 1 aromatic rings. The van der Waals surface area contributed by atoms with Crippen molar-refractivity contribution >= 4 is 28.8 Å². The van der Waals surface area contributed by atoms with Gasteiger partial charge in [-0.15, -0.1) is 0 Å². The number of rotatable bonds is 3. The zero-order valence-corrected chi connectivity index (χ0v) is 8.45.